The summed E-state index contributed by atoms with van der Waals surface area (Å²) in [6.45, 7) is 13.5. The summed E-state index contributed by atoms with van der Waals surface area (Å²) in [5.41, 5.74) is 3.33. The molecule has 0 radical (unpaired) electrons. The number of hydrogen-bond donors (Lipinski definition) is 0. The van der Waals surface area contributed by atoms with Crippen LogP contribution in [0.2, 0.25) is 0 Å². The van der Waals surface area contributed by atoms with E-state index in [2.05, 4.69) is 119 Å². The van der Waals surface area contributed by atoms with Crippen molar-refractivity contribution >= 4 is 42.8 Å². The first-order valence-corrected chi connectivity index (χ1v) is 18.3. The van der Waals surface area contributed by atoms with Crippen LogP contribution in [0.15, 0.2) is 72.8 Å². The van der Waals surface area contributed by atoms with E-state index in [4.69, 9.17) is 17.0 Å². The van der Waals surface area contributed by atoms with E-state index in [-0.39, 0.29) is 10.8 Å². The van der Waals surface area contributed by atoms with Crippen LogP contribution in [-0.2, 0) is 29.7 Å². The van der Waals surface area contributed by atoms with Gasteiger partial charge < -0.3 is 0 Å². The summed E-state index contributed by atoms with van der Waals surface area (Å²) in [5.74, 6) is 0. The molecule has 160 valence electrons. The summed E-state index contributed by atoms with van der Waals surface area (Å²) < 4.78 is 3.37. The molecule has 4 aromatic carbocycles. The Bertz CT molecular complexity index is 1010. The number of hydrogen-bond acceptors (Lipinski definition) is 0. The summed E-state index contributed by atoms with van der Waals surface area (Å²) >= 11 is -1.85. The fourth-order valence-corrected chi connectivity index (χ4v) is 3.19. The third-order valence-corrected chi connectivity index (χ3v) is 5.01. The molecular weight excluding hydrogens is 486 g/mol. The van der Waals surface area contributed by atoms with Gasteiger partial charge in [0.25, 0.3) is 0 Å². The Labute approximate surface area is 196 Å². The SMILES string of the molecule is CC(C)(C)c1ccc2cc[cH-]c2c1.CC(C)(C)c1ccc2cc[cH-]c2c1.[CH2]=[Zr]([Cl])[Cl]. The van der Waals surface area contributed by atoms with E-state index in [0.29, 0.717) is 0 Å². The van der Waals surface area contributed by atoms with Crippen molar-refractivity contribution in [3.8, 4) is 0 Å². The van der Waals surface area contributed by atoms with Gasteiger partial charge in [-0.25, -0.2) is 0 Å². The average molecular weight is 519 g/mol. The summed E-state index contributed by atoms with van der Waals surface area (Å²) in [6, 6.07) is 26.3. The molecule has 3 heteroatoms. The van der Waals surface area contributed by atoms with E-state index in [0.717, 1.165) is 0 Å². The Morgan fingerprint density at radius 2 is 1.00 bits per heavy atom. The summed E-state index contributed by atoms with van der Waals surface area (Å²) in [7, 11) is 10.3. The van der Waals surface area contributed by atoms with Gasteiger partial charge in [0.15, 0.2) is 0 Å². The maximum absolute atomic E-state index is 5.13. The Kier molecular flexibility index (Phi) is 8.87. The van der Waals surface area contributed by atoms with Crippen molar-refractivity contribution in [3.05, 3.63) is 83.9 Å². The van der Waals surface area contributed by atoms with Gasteiger partial charge in [-0.3, -0.25) is 0 Å². The van der Waals surface area contributed by atoms with Crippen molar-refractivity contribution in [2.24, 2.45) is 0 Å². The first-order valence-electron chi connectivity index (χ1n) is 10.2. The van der Waals surface area contributed by atoms with Crippen molar-refractivity contribution in [2.45, 2.75) is 52.4 Å². The molecule has 0 heterocycles. The molecule has 0 atom stereocenters. The molecule has 0 saturated heterocycles. The normalized spacial score (nSPS) is 11.5. The number of benzene rings is 2. The third kappa shape index (κ3) is 7.60. The molecule has 0 nitrogen and oxygen atoms in total. The number of rotatable bonds is 0. The minimum absolute atomic E-state index is 0.255. The van der Waals surface area contributed by atoms with Crippen LogP contribution in [0.25, 0.3) is 21.5 Å². The molecule has 0 unspecified atom stereocenters. The Hall–Kier alpha value is -1.01. The third-order valence-electron chi connectivity index (χ3n) is 5.01. The molecule has 0 fully saturated rings. The van der Waals surface area contributed by atoms with Crippen LogP contribution in [0.3, 0.4) is 0 Å². The van der Waals surface area contributed by atoms with Crippen molar-refractivity contribution in [3.63, 3.8) is 0 Å². The molecular formula is C27H32Cl2Zr-2. The van der Waals surface area contributed by atoms with E-state index >= 15 is 0 Å². The van der Waals surface area contributed by atoms with Crippen molar-refractivity contribution in [1.82, 2.24) is 0 Å². The predicted molar refractivity (Wildman–Crippen MR) is 135 cm³/mol. The molecule has 4 rings (SSSR count). The van der Waals surface area contributed by atoms with Gasteiger partial charge in [-0.15, -0.1) is 57.9 Å². The van der Waals surface area contributed by atoms with Gasteiger partial charge in [0.2, 0.25) is 0 Å². The molecule has 0 spiro atoms. The van der Waals surface area contributed by atoms with E-state index in [9.17, 15) is 0 Å². The second kappa shape index (κ2) is 10.5. The van der Waals surface area contributed by atoms with Crippen LogP contribution >= 0.6 is 17.0 Å². The van der Waals surface area contributed by atoms with Crippen molar-refractivity contribution < 1.29 is 18.9 Å². The fourth-order valence-electron chi connectivity index (χ4n) is 3.19. The minimum atomic E-state index is -1.85. The van der Waals surface area contributed by atoms with Crippen LogP contribution in [0.1, 0.15) is 52.7 Å². The topological polar surface area (TPSA) is 0 Å². The Morgan fingerprint density at radius 1 is 0.667 bits per heavy atom. The maximum atomic E-state index is 5.13. The quantitative estimate of drug-likeness (QED) is 0.204. The molecule has 0 aliphatic rings. The predicted octanol–water partition coefficient (Wildman–Crippen LogP) is 9.06. The van der Waals surface area contributed by atoms with Gasteiger partial charge in [0.1, 0.15) is 0 Å². The summed E-state index contributed by atoms with van der Waals surface area (Å²) in [4.78, 5) is 0. The van der Waals surface area contributed by atoms with E-state index in [1.807, 2.05) is 0 Å². The molecule has 0 aromatic heterocycles. The molecule has 0 amide bonds. The summed E-state index contributed by atoms with van der Waals surface area (Å²) in [5, 5.41) is 5.39. The fraction of sp³-hybridized carbons (Fsp3) is 0.296. The van der Waals surface area contributed by atoms with Crippen LogP contribution in [0.4, 0.5) is 0 Å². The van der Waals surface area contributed by atoms with Gasteiger partial charge in [-0.1, -0.05) is 64.8 Å². The first-order chi connectivity index (χ1) is 13.9. The zero-order valence-corrected chi connectivity index (χ0v) is 22.9. The van der Waals surface area contributed by atoms with Crippen LogP contribution in [0.5, 0.6) is 0 Å². The van der Waals surface area contributed by atoms with E-state index in [1.54, 1.807) is 0 Å². The second-order valence-electron chi connectivity index (χ2n) is 9.58. The Balaban J connectivity index is 0.000000182. The molecule has 0 N–H and O–H groups in total. The number of halogens is 2. The molecule has 4 aromatic rings. The first kappa shape index (κ1) is 25.3. The van der Waals surface area contributed by atoms with Crippen LogP contribution < -0.4 is 0 Å². The molecule has 0 aliphatic carbocycles. The van der Waals surface area contributed by atoms with Crippen molar-refractivity contribution in [1.29, 1.82) is 0 Å². The standard InChI is InChI=1S/2C13H15.CH2.2ClH.Zr/c2*1-13(2,3)12-8-7-10-5-4-6-11(10)9-12;;;;/h2*4-9H,1-3H3;1H2;2*1H;/q2*-1;;;;+2/p-2. The molecule has 0 saturated carbocycles. The second-order valence-corrected chi connectivity index (χ2v) is 17.8. The Morgan fingerprint density at radius 3 is 1.30 bits per heavy atom. The molecule has 30 heavy (non-hydrogen) atoms. The number of fused-ring (bicyclic) bond motifs is 2. The van der Waals surface area contributed by atoms with Crippen LogP contribution in [0, 0.1) is 0 Å². The van der Waals surface area contributed by atoms with Gasteiger partial charge in [0, 0.05) is 0 Å². The van der Waals surface area contributed by atoms with E-state index in [1.165, 1.54) is 32.7 Å². The average Bonchev–Trinajstić information content (AvgIpc) is 3.28. The molecule has 0 aliphatic heterocycles. The van der Waals surface area contributed by atoms with Gasteiger partial charge >= 0.3 is 40.1 Å². The zero-order chi connectivity index (χ0) is 22.5. The van der Waals surface area contributed by atoms with Gasteiger partial charge in [-0.2, -0.15) is 24.3 Å². The molecule has 0 bridgehead atoms. The van der Waals surface area contributed by atoms with Crippen LogP contribution in [-0.4, -0.2) is 4.21 Å². The van der Waals surface area contributed by atoms with Gasteiger partial charge in [-0.05, 0) is 10.8 Å². The van der Waals surface area contributed by atoms with E-state index < -0.39 is 18.9 Å². The zero-order valence-electron chi connectivity index (χ0n) is 18.9. The van der Waals surface area contributed by atoms with Crippen molar-refractivity contribution in [2.75, 3.05) is 0 Å². The summed E-state index contributed by atoms with van der Waals surface area (Å²) in [6.07, 6.45) is 0. The monoisotopic (exact) mass is 516 g/mol. The van der Waals surface area contributed by atoms with Gasteiger partial charge in [0.05, 0.1) is 0 Å².